The molecule has 2 N–H and O–H groups in total. The molecule has 0 saturated heterocycles. The van der Waals surface area contributed by atoms with Crippen LogP contribution in [-0.2, 0) is 6.42 Å². The van der Waals surface area contributed by atoms with Crippen molar-refractivity contribution in [3.05, 3.63) is 68.4 Å². The molecule has 0 amide bonds. The van der Waals surface area contributed by atoms with E-state index in [-0.39, 0.29) is 17.1 Å². The van der Waals surface area contributed by atoms with E-state index in [0.717, 1.165) is 71.5 Å². The zero-order valence-electron chi connectivity index (χ0n) is 23.3. The lowest BCUT2D eigenvalue weighted by Gasteiger charge is -2.45. The second-order valence-electron chi connectivity index (χ2n) is 11.9. The maximum atomic E-state index is 13.9. The van der Waals surface area contributed by atoms with Gasteiger partial charge in [-0.15, -0.1) is 11.3 Å². The van der Waals surface area contributed by atoms with Crippen molar-refractivity contribution in [3.63, 3.8) is 0 Å². The summed E-state index contributed by atoms with van der Waals surface area (Å²) in [6.45, 7) is 10.2. The van der Waals surface area contributed by atoms with Crippen molar-refractivity contribution < 1.29 is 15.0 Å². The van der Waals surface area contributed by atoms with Crippen molar-refractivity contribution in [1.82, 2.24) is 4.90 Å². The zero-order valence-corrected chi connectivity index (χ0v) is 24.2. The number of carbonyl (C=O) groups is 1. The van der Waals surface area contributed by atoms with Crippen LogP contribution in [-0.4, -0.2) is 52.7 Å². The number of carbonyl (C=O) groups excluding carboxylic acids is 1. The SMILES string of the molecule is CCCN(C)C[C@]1(O)CC[C@H]2c3ccc(cc3C(=O)c3ccc(C)s3)C[C@@H](O)CCC(C)=CCC[C@@]21C. The van der Waals surface area contributed by atoms with Gasteiger partial charge in [-0.25, -0.2) is 0 Å². The molecule has 0 aliphatic heterocycles. The van der Waals surface area contributed by atoms with E-state index in [4.69, 9.17) is 0 Å². The van der Waals surface area contributed by atoms with Crippen molar-refractivity contribution in [2.75, 3.05) is 20.1 Å². The molecule has 202 valence electrons. The summed E-state index contributed by atoms with van der Waals surface area (Å²) in [6.07, 6.45) is 8.40. The summed E-state index contributed by atoms with van der Waals surface area (Å²) in [6, 6.07) is 10.2. The number of rotatable bonds is 6. The fraction of sp³-hybridized carbons (Fsp3) is 0.594. The molecule has 0 unspecified atom stereocenters. The number of fused-ring (bicyclic) bond motifs is 8. The lowest BCUT2D eigenvalue weighted by Crippen LogP contribution is -2.51. The summed E-state index contributed by atoms with van der Waals surface area (Å²) in [7, 11) is 2.11. The second-order valence-corrected chi connectivity index (χ2v) is 13.2. The number of likely N-dealkylation sites (N-methyl/N-ethyl adjacent to an activating group) is 1. The van der Waals surface area contributed by atoms with Crippen molar-refractivity contribution in [1.29, 1.82) is 0 Å². The number of hydrogen-bond acceptors (Lipinski definition) is 5. The first-order valence-corrected chi connectivity index (χ1v) is 14.9. The fourth-order valence-corrected chi connectivity index (χ4v) is 7.61. The highest BCUT2D eigenvalue weighted by molar-refractivity contribution is 7.14. The molecule has 1 saturated carbocycles. The molecular formula is C32H45NO3S. The smallest absolute Gasteiger partial charge is 0.203 e. The monoisotopic (exact) mass is 523 g/mol. The number of aliphatic hydroxyl groups is 2. The predicted octanol–water partition coefficient (Wildman–Crippen LogP) is 6.67. The Kier molecular flexibility index (Phi) is 8.79. The highest BCUT2D eigenvalue weighted by Crippen LogP contribution is 2.58. The van der Waals surface area contributed by atoms with E-state index in [2.05, 4.69) is 50.9 Å². The molecule has 5 rings (SSSR count). The highest BCUT2D eigenvalue weighted by atomic mass is 32.1. The molecule has 1 fully saturated rings. The number of aryl methyl sites for hydroxylation is 1. The molecule has 3 aliphatic rings. The summed E-state index contributed by atoms with van der Waals surface area (Å²) in [5.74, 6) is 0.149. The minimum atomic E-state index is -0.824. The average Bonchev–Trinajstić information content (AvgIpc) is 3.38. The van der Waals surface area contributed by atoms with Crippen LogP contribution in [0.1, 0.15) is 103 Å². The summed E-state index contributed by atoms with van der Waals surface area (Å²) in [4.78, 5) is 18.1. The first-order valence-electron chi connectivity index (χ1n) is 14.0. The van der Waals surface area contributed by atoms with Crippen LogP contribution in [0.15, 0.2) is 42.0 Å². The van der Waals surface area contributed by atoms with Gasteiger partial charge in [-0.05, 0) is 114 Å². The number of aliphatic hydroxyl groups excluding tert-OH is 1. The van der Waals surface area contributed by atoms with Crippen LogP contribution in [0, 0.1) is 12.3 Å². The summed E-state index contributed by atoms with van der Waals surface area (Å²) in [5, 5.41) is 23.0. The quantitative estimate of drug-likeness (QED) is 0.328. The summed E-state index contributed by atoms with van der Waals surface area (Å²) >= 11 is 1.54. The number of hydrogen-bond donors (Lipinski definition) is 2. The van der Waals surface area contributed by atoms with Crippen LogP contribution in [0.4, 0.5) is 0 Å². The number of nitrogens with zero attached hydrogens (tertiary/aromatic N) is 1. The largest absolute Gasteiger partial charge is 0.393 e. The first-order chi connectivity index (χ1) is 17.6. The third-order valence-corrected chi connectivity index (χ3v) is 10.0. The Bertz CT molecular complexity index is 1140. The molecule has 5 heteroatoms. The number of benzene rings is 1. The lowest BCUT2D eigenvalue weighted by atomic mass is 9.64. The van der Waals surface area contributed by atoms with Crippen LogP contribution in [0.3, 0.4) is 0 Å². The highest BCUT2D eigenvalue weighted by Gasteiger charge is 2.57. The Hall–Kier alpha value is -1.79. The number of ketones is 1. The molecule has 4 atom stereocenters. The van der Waals surface area contributed by atoms with Crippen molar-refractivity contribution in [3.8, 4) is 0 Å². The molecular weight excluding hydrogens is 478 g/mol. The van der Waals surface area contributed by atoms with E-state index in [0.29, 0.717) is 19.4 Å². The molecule has 37 heavy (non-hydrogen) atoms. The molecule has 1 aromatic carbocycles. The van der Waals surface area contributed by atoms with Gasteiger partial charge < -0.3 is 15.1 Å². The van der Waals surface area contributed by atoms with Gasteiger partial charge >= 0.3 is 0 Å². The molecule has 0 radical (unpaired) electrons. The van der Waals surface area contributed by atoms with Crippen molar-refractivity contribution in [2.24, 2.45) is 5.41 Å². The Morgan fingerprint density at radius 2 is 1.95 bits per heavy atom. The standard InChI is InChI=1S/C32H45NO3S/c1-6-18-33(5)21-32(36)17-15-28-26-13-11-24(20-27(26)30(35)29-14-10-23(3)37-29)19-25(34)12-9-22(2)8-7-16-31(28,32)4/h8,10-11,13-14,20,25,28,34,36H,6-7,9,12,15-19,21H2,1-5H3/t25-,28-,31-,32+/m0/s1. The minimum absolute atomic E-state index is 0.0631. The Morgan fingerprint density at radius 3 is 2.65 bits per heavy atom. The Morgan fingerprint density at radius 1 is 1.16 bits per heavy atom. The van der Waals surface area contributed by atoms with Gasteiger partial charge in [0.1, 0.15) is 0 Å². The average molecular weight is 524 g/mol. The van der Waals surface area contributed by atoms with Gasteiger partial charge in [-0.3, -0.25) is 4.79 Å². The van der Waals surface area contributed by atoms with E-state index in [1.807, 2.05) is 25.1 Å². The van der Waals surface area contributed by atoms with E-state index < -0.39 is 11.7 Å². The maximum Gasteiger partial charge on any atom is 0.203 e. The van der Waals surface area contributed by atoms with Gasteiger partial charge in [0.05, 0.1) is 16.6 Å². The van der Waals surface area contributed by atoms with Gasteiger partial charge in [0.15, 0.2) is 0 Å². The molecule has 4 nitrogen and oxygen atoms in total. The molecule has 3 aliphatic carbocycles. The van der Waals surface area contributed by atoms with E-state index in [1.165, 1.54) is 5.57 Å². The van der Waals surface area contributed by atoms with E-state index in [9.17, 15) is 15.0 Å². The van der Waals surface area contributed by atoms with E-state index in [1.54, 1.807) is 11.3 Å². The third-order valence-electron chi connectivity index (χ3n) is 9.02. The zero-order chi connectivity index (χ0) is 26.8. The topological polar surface area (TPSA) is 60.8 Å². The van der Waals surface area contributed by atoms with Crippen LogP contribution in [0.25, 0.3) is 0 Å². The Balaban J connectivity index is 1.83. The fourth-order valence-electron chi connectivity index (χ4n) is 6.79. The summed E-state index contributed by atoms with van der Waals surface area (Å²) < 4.78 is 0. The van der Waals surface area contributed by atoms with Gasteiger partial charge in [0, 0.05) is 22.4 Å². The Labute approximate surface area is 227 Å². The summed E-state index contributed by atoms with van der Waals surface area (Å²) in [5.41, 5.74) is 2.93. The number of allylic oxidation sites excluding steroid dienone is 2. The van der Waals surface area contributed by atoms with Gasteiger partial charge in [-0.2, -0.15) is 0 Å². The maximum absolute atomic E-state index is 13.9. The lowest BCUT2D eigenvalue weighted by molar-refractivity contribution is -0.0799. The van der Waals surface area contributed by atoms with Gasteiger partial charge in [0.25, 0.3) is 0 Å². The van der Waals surface area contributed by atoms with Gasteiger partial charge in [-0.1, -0.05) is 37.6 Å². The molecule has 2 bridgehead atoms. The normalized spacial score (nSPS) is 28.7. The molecule has 1 aromatic heterocycles. The van der Waals surface area contributed by atoms with Crippen LogP contribution < -0.4 is 0 Å². The minimum Gasteiger partial charge on any atom is -0.393 e. The molecule has 0 spiro atoms. The van der Waals surface area contributed by atoms with Crippen molar-refractivity contribution >= 4 is 17.1 Å². The molecule has 1 heterocycles. The third kappa shape index (κ3) is 5.95. The second kappa shape index (κ2) is 11.5. The number of thiophene rings is 1. The first kappa shape index (κ1) is 28.2. The van der Waals surface area contributed by atoms with Crippen LogP contribution in [0.5, 0.6) is 0 Å². The van der Waals surface area contributed by atoms with Gasteiger partial charge in [0.2, 0.25) is 5.78 Å². The van der Waals surface area contributed by atoms with E-state index >= 15 is 0 Å². The van der Waals surface area contributed by atoms with Crippen LogP contribution >= 0.6 is 11.3 Å². The van der Waals surface area contributed by atoms with Crippen molar-refractivity contribution in [2.45, 2.75) is 96.7 Å². The van der Waals surface area contributed by atoms with Crippen LogP contribution in [0.2, 0.25) is 0 Å². The molecule has 2 aromatic rings. The predicted molar refractivity (Wildman–Crippen MR) is 154 cm³/mol.